The Balaban J connectivity index is 1.67. The first-order chi connectivity index (χ1) is 13.5. The highest BCUT2D eigenvalue weighted by atomic mass is 32.2. The lowest BCUT2D eigenvalue weighted by atomic mass is 10.1. The molecule has 28 heavy (non-hydrogen) atoms. The van der Waals surface area contributed by atoms with Crippen LogP contribution in [0.4, 0.5) is 5.69 Å². The number of hydrogen-bond donors (Lipinski definition) is 1. The number of thioether (sulfide) groups is 1. The first kappa shape index (κ1) is 19.6. The van der Waals surface area contributed by atoms with Gasteiger partial charge in [0.15, 0.2) is 5.78 Å². The molecule has 8 nitrogen and oxygen atoms in total. The minimum atomic E-state index is -0.435. The van der Waals surface area contributed by atoms with Crippen molar-refractivity contribution in [2.75, 3.05) is 12.4 Å². The molecule has 1 atom stereocenters. The van der Waals surface area contributed by atoms with Gasteiger partial charge < -0.3 is 10.1 Å². The summed E-state index contributed by atoms with van der Waals surface area (Å²) in [6, 6.07) is 14.1. The Kier molecular flexibility index (Phi) is 6.05. The average molecular weight is 397 g/mol. The van der Waals surface area contributed by atoms with Gasteiger partial charge in [0.1, 0.15) is 5.75 Å². The molecule has 144 valence electrons. The number of tetrazole rings is 1. The highest BCUT2D eigenvalue weighted by Gasteiger charge is 2.19. The zero-order valence-electron chi connectivity index (χ0n) is 15.6. The van der Waals surface area contributed by atoms with E-state index in [0.717, 1.165) is 11.4 Å². The molecule has 2 aromatic carbocycles. The predicted molar refractivity (Wildman–Crippen MR) is 106 cm³/mol. The molecule has 1 N–H and O–H groups in total. The number of nitrogens with one attached hydrogen (secondary N) is 1. The molecular formula is C19H19N5O3S. The third-order valence-corrected chi connectivity index (χ3v) is 5.00. The zero-order chi connectivity index (χ0) is 20.1. The number of rotatable bonds is 7. The molecule has 0 radical (unpaired) electrons. The van der Waals surface area contributed by atoms with Gasteiger partial charge in [-0.05, 0) is 72.8 Å². The van der Waals surface area contributed by atoms with Crippen LogP contribution in [0.1, 0.15) is 24.2 Å². The van der Waals surface area contributed by atoms with Crippen molar-refractivity contribution in [1.82, 2.24) is 20.2 Å². The third kappa shape index (κ3) is 4.55. The quantitative estimate of drug-likeness (QED) is 0.483. The van der Waals surface area contributed by atoms with Crippen molar-refractivity contribution in [3.63, 3.8) is 0 Å². The summed E-state index contributed by atoms with van der Waals surface area (Å²) in [5.74, 6) is 0.520. The summed E-state index contributed by atoms with van der Waals surface area (Å²) in [7, 11) is 1.60. The molecule has 0 bridgehead atoms. The first-order valence-electron chi connectivity index (χ1n) is 8.49. The molecule has 1 amide bonds. The molecule has 0 aliphatic heterocycles. The molecule has 0 unspecified atom stereocenters. The number of hydrogen-bond acceptors (Lipinski definition) is 7. The van der Waals surface area contributed by atoms with Crippen LogP contribution in [0.15, 0.2) is 53.7 Å². The molecule has 1 aromatic heterocycles. The number of carbonyl (C=O) groups excluding carboxylic acids is 2. The van der Waals surface area contributed by atoms with Crippen molar-refractivity contribution < 1.29 is 14.3 Å². The van der Waals surface area contributed by atoms with Gasteiger partial charge >= 0.3 is 0 Å². The van der Waals surface area contributed by atoms with E-state index >= 15 is 0 Å². The summed E-state index contributed by atoms with van der Waals surface area (Å²) in [5, 5.41) is 14.6. The number of benzene rings is 2. The number of amides is 1. The number of Topliss-reactive ketones (excluding diaryl/α,β-unsaturated/α-hetero) is 1. The van der Waals surface area contributed by atoms with E-state index in [1.54, 1.807) is 43.0 Å². The molecule has 1 heterocycles. The normalized spacial score (nSPS) is 11.7. The predicted octanol–water partition coefficient (Wildman–Crippen LogP) is 2.99. The van der Waals surface area contributed by atoms with Gasteiger partial charge in [0.2, 0.25) is 11.1 Å². The van der Waals surface area contributed by atoms with Crippen molar-refractivity contribution in [1.29, 1.82) is 0 Å². The maximum Gasteiger partial charge on any atom is 0.237 e. The van der Waals surface area contributed by atoms with E-state index in [4.69, 9.17) is 4.74 Å². The second kappa shape index (κ2) is 8.66. The van der Waals surface area contributed by atoms with Crippen LogP contribution in [-0.2, 0) is 4.79 Å². The van der Waals surface area contributed by atoms with E-state index in [9.17, 15) is 9.59 Å². The van der Waals surface area contributed by atoms with Gasteiger partial charge in [-0.15, -0.1) is 5.10 Å². The Morgan fingerprint density at radius 3 is 2.39 bits per heavy atom. The van der Waals surface area contributed by atoms with Gasteiger partial charge in [-0.3, -0.25) is 9.59 Å². The Hall–Kier alpha value is -3.20. The van der Waals surface area contributed by atoms with Crippen LogP contribution in [0.2, 0.25) is 0 Å². The van der Waals surface area contributed by atoms with Gasteiger partial charge in [-0.25, -0.2) is 0 Å². The second-order valence-electron chi connectivity index (χ2n) is 5.95. The number of ketones is 1. The lowest BCUT2D eigenvalue weighted by Crippen LogP contribution is -2.23. The Bertz CT molecular complexity index is 970. The second-order valence-corrected chi connectivity index (χ2v) is 7.26. The van der Waals surface area contributed by atoms with Crippen LogP contribution >= 0.6 is 11.8 Å². The van der Waals surface area contributed by atoms with Gasteiger partial charge in [0, 0.05) is 11.3 Å². The topological polar surface area (TPSA) is 99.0 Å². The number of ether oxygens (including phenoxy) is 1. The number of carbonyl (C=O) groups is 2. The Morgan fingerprint density at radius 1 is 1.11 bits per heavy atom. The first-order valence-corrected chi connectivity index (χ1v) is 9.37. The van der Waals surface area contributed by atoms with Crippen LogP contribution < -0.4 is 10.1 Å². The summed E-state index contributed by atoms with van der Waals surface area (Å²) in [5.41, 5.74) is 1.98. The molecule has 0 aliphatic carbocycles. The summed E-state index contributed by atoms with van der Waals surface area (Å²) in [4.78, 5) is 23.8. The van der Waals surface area contributed by atoms with Crippen molar-refractivity contribution in [2.24, 2.45) is 0 Å². The molecule has 0 spiro atoms. The number of anilines is 1. The van der Waals surface area contributed by atoms with Gasteiger partial charge in [-0.1, -0.05) is 11.8 Å². The minimum absolute atomic E-state index is 0.0211. The van der Waals surface area contributed by atoms with E-state index in [2.05, 4.69) is 20.8 Å². The van der Waals surface area contributed by atoms with Crippen LogP contribution in [0.5, 0.6) is 5.75 Å². The van der Waals surface area contributed by atoms with Gasteiger partial charge in [0.05, 0.1) is 18.0 Å². The largest absolute Gasteiger partial charge is 0.497 e. The van der Waals surface area contributed by atoms with E-state index < -0.39 is 5.25 Å². The standard InChI is InChI=1S/C19H19N5O3S/c1-12(25)14-4-6-15(7-5-14)20-18(26)13(2)28-19-21-22-23-24(19)16-8-10-17(27-3)11-9-16/h4-11,13H,1-3H3,(H,20,26)/t13-/m1/s1. The molecule has 0 saturated carbocycles. The average Bonchev–Trinajstić information content (AvgIpc) is 3.16. The van der Waals surface area contributed by atoms with E-state index in [-0.39, 0.29) is 11.7 Å². The highest BCUT2D eigenvalue weighted by Crippen LogP contribution is 2.25. The van der Waals surface area contributed by atoms with Crippen LogP contribution in [0, 0.1) is 0 Å². The van der Waals surface area contributed by atoms with Crippen molar-refractivity contribution >= 4 is 29.1 Å². The van der Waals surface area contributed by atoms with Gasteiger partial charge in [0.25, 0.3) is 0 Å². The fourth-order valence-electron chi connectivity index (χ4n) is 2.38. The molecule has 0 fully saturated rings. The fraction of sp³-hybridized carbons (Fsp3) is 0.211. The SMILES string of the molecule is COc1ccc(-n2nnnc2S[C@H](C)C(=O)Nc2ccc(C(C)=O)cc2)cc1. The zero-order valence-corrected chi connectivity index (χ0v) is 16.4. The molecule has 3 aromatic rings. The van der Waals surface area contributed by atoms with E-state index in [0.29, 0.717) is 16.4 Å². The smallest absolute Gasteiger partial charge is 0.237 e. The third-order valence-electron chi connectivity index (χ3n) is 3.97. The van der Waals surface area contributed by atoms with Crippen molar-refractivity contribution in [2.45, 2.75) is 24.3 Å². The van der Waals surface area contributed by atoms with Crippen molar-refractivity contribution in [3.8, 4) is 11.4 Å². The summed E-state index contributed by atoms with van der Waals surface area (Å²) >= 11 is 1.25. The van der Waals surface area contributed by atoms with Crippen LogP contribution in [0.25, 0.3) is 5.69 Å². The molecule has 0 aliphatic rings. The number of aromatic nitrogens is 4. The molecule has 3 rings (SSSR count). The van der Waals surface area contributed by atoms with Gasteiger partial charge in [-0.2, -0.15) is 4.68 Å². The summed E-state index contributed by atoms with van der Waals surface area (Å²) in [6.45, 7) is 3.27. The Morgan fingerprint density at radius 2 is 1.79 bits per heavy atom. The lowest BCUT2D eigenvalue weighted by Gasteiger charge is -2.12. The number of nitrogens with zero attached hydrogens (tertiary/aromatic N) is 4. The summed E-state index contributed by atoms with van der Waals surface area (Å²) in [6.07, 6.45) is 0. The van der Waals surface area contributed by atoms with E-state index in [1.807, 2.05) is 24.3 Å². The highest BCUT2D eigenvalue weighted by molar-refractivity contribution is 8.00. The fourth-order valence-corrected chi connectivity index (χ4v) is 3.19. The molecular weight excluding hydrogens is 378 g/mol. The number of methoxy groups -OCH3 is 1. The van der Waals surface area contributed by atoms with Crippen LogP contribution in [0.3, 0.4) is 0 Å². The Labute approximate surface area is 166 Å². The van der Waals surface area contributed by atoms with Crippen molar-refractivity contribution in [3.05, 3.63) is 54.1 Å². The maximum absolute atomic E-state index is 12.5. The maximum atomic E-state index is 12.5. The monoisotopic (exact) mass is 397 g/mol. The molecule has 0 saturated heterocycles. The molecule has 9 heteroatoms. The van der Waals surface area contributed by atoms with E-state index in [1.165, 1.54) is 18.7 Å². The van der Waals surface area contributed by atoms with Crippen LogP contribution in [-0.4, -0.2) is 44.3 Å². The lowest BCUT2D eigenvalue weighted by molar-refractivity contribution is -0.115. The summed E-state index contributed by atoms with van der Waals surface area (Å²) < 4.78 is 6.72. The minimum Gasteiger partial charge on any atom is -0.497 e.